The number of benzene rings is 1. The molecule has 2 heterocycles. The Morgan fingerprint density at radius 1 is 0.812 bits per heavy atom. The minimum atomic E-state index is 0.923. The fourth-order valence-corrected chi connectivity index (χ4v) is 1.69. The van der Waals surface area contributed by atoms with Gasteiger partial charge in [-0.3, -0.25) is 0 Å². The van der Waals surface area contributed by atoms with Crippen molar-refractivity contribution in [2.45, 2.75) is 0 Å². The summed E-state index contributed by atoms with van der Waals surface area (Å²) in [5.74, 6) is 0. The average Bonchev–Trinajstić information content (AvgIpc) is 2.39. The topological polar surface area (TPSA) is 51.6 Å². The lowest BCUT2D eigenvalue weighted by molar-refractivity contribution is 1.17. The smallest absolute Gasteiger partial charge is 0.116 e. The molecule has 16 heavy (non-hydrogen) atoms. The van der Waals surface area contributed by atoms with Crippen LogP contribution in [0.5, 0.6) is 0 Å². The third kappa shape index (κ3) is 1.40. The molecule has 0 spiro atoms. The van der Waals surface area contributed by atoms with Crippen molar-refractivity contribution in [3.05, 3.63) is 49.4 Å². The second-order valence-corrected chi connectivity index (χ2v) is 3.39. The summed E-state index contributed by atoms with van der Waals surface area (Å²) in [6.45, 7) is 0. The van der Waals surface area contributed by atoms with Crippen LogP contribution in [-0.4, -0.2) is 19.9 Å². The highest BCUT2D eigenvalue weighted by molar-refractivity contribution is 5.92. The Morgan fingerprint density at radius 3 is 2.50 bits per heavy atom. The monoisotopic (exact) mass is 208 g/mol. The van der Waals surface area contributed by atoms with Crippen LogP contribution in [0, 0.1) is 0 Å². The maximum Gasteiger partial charge on any atom is 0.116 e. The molecular formula is C12H8N4. The zero-order valence-corrected chi connectivity index (χ0v) is 8.41. The van der Waals surface area contributed by atoms with Gasteiger partial charge in [0, 0.05) is 35.1 Å². The van der Waals surface area contributed by atoms with Crippen molar-refractivity contribution in [1.82, 2.24) is 19.9 Å². The third-order valence-corrected chi connectivity index (χ3v) is 2.41. The first-order valence-corrected chi connectivity index (χ1v) is 4.89. The van der Waals surface area contributed by atoms with E-state index in [-0.39, 0.29) is 0 Å². The first-order chi connectivity index (χ1) is 7.95. The van der Waals surface area contributed by atoms with Gasteiger partial charge in [0.15, 0.2) is 0 Å². The third-order valence-electron chi connectivity index (χ3n) is 2.41. The van der Waals surface area contributed by atoms with Crippen LogP contribution in [0.1, 0.15) is 0 Å². The van der Waals surface area contributed by atoms with Crippen molar-refractivity contribution in [2.24, 2.45) is 0 Å². The number of aromatic nitrogens is 4. The Bertz CT molecular complexity index is 617. The summed E-state index contributed by atoms with van der Waals surface area (Å²) in [4.78, 5) is 16.3. The molecule has 4 nitrogen and oxygen atoms in total. The van der Waals surface area contributed by atoms with Gasteiger partial charge in [-0.2, -0.15) is 0 Å². The van der Waals surface area contributed by atoms with E-state index in [1.165, 1.54) is 6.33 Å². The second kappa shape index (κ2) is 3.66. The summed E-state index contributed by atoms with van der Waals surface area (Å²) in [5, 5.41) is 1.02. The number of nitrogens with zero attached hydrogens (tertiary/aromatic N) is 4. The van der Waals surface area contributed by atoms with Gasteiger partial charge in [-0.1, -0.05) is 18.2 Å². The summed E-state index contributed by atoms with van der Waals surface area (Å²) >= 11 is 0. The Kier molecular flexibility index (Phi) is 2.04. The Hall–Kier alpha value is -2.36. The second-order valence-electron chi connectivity index (χ2n) is 3.39. The highest BCUT2D eigenvalue weighted by Gasteiger charge is 2.04. The first-order valence-electron chi connectivity index (χ1n) is 4.89. The van der Waals surface area contributed by atoms with Crippen LogP contribution in [0.3, 0.4) is 0 Å². The minimum absolute atomic E-state index is 0.923. The molecule has 3 rings (SSSR count). The van der Waals surface area contributed by atoms with Crippen LogP contribution in [0.4, 0.5) is 0 Å². The van der Waals surface area contributed by atoms with Crippen LogP contribution < -0.4 is 0 Å². The van der Waals surface area contributed by atoms with Crippen LogP contribution in [0.2, 0.25) is 0 Å². The molecule has 1 aromatic carbocycles. The zero-order chi connectivity index (χ0) is 10.8. The summed E-state index contributed by atoms with van der Waals surface area (Å²) < 4.78 is 0. The molecule has 0 aliphatic heterocycles. The molecular weight excluding hydrogens is 200 g/mol. The maximum absolute atomic E-state index is 4.29. The van der Waals surface area contributed by atoms with Gasteiger partial charge in [-0.25, -0.2) is 19.9 Å². The minimum Gasteiger partial charge on any atom is -0.244 e. The van der Waals surface area contributed by atoms with Gasteiger partial charge >= 0.3 is 0 Å². The van der Waals surface area contributed by atoms with Crippen molar-refractivity contribution in [3.63, 3.8) is 0 Å². The van der Waals surface area contributed by atoms with Crippen molar-refractivity contribution in [2.75, 3.05) is 0 Å². The Morgan fingerprint density at radius 2 is 1.62 bits per heavy atom. The van der Waals surface area contributed by atoms with Crippen molar-refractivity contribution in [1.29, 1.82) is 0 Å². The number of fused-ring (bicyclic) bond motifs is 1. The van der Waals surface area contributed by atoms with E-state index in [2.05, 4.69) is 19.9 Å². The predicted molar refractivity (Wildman–Crippen MR) is 60.6 cm³/mol. The zero-order valence-electron chi connectivity index (χ0n) is 8.41. The van der Waals surface area contributed by atoms with Crippen molar-refractivity contribution >= 4 is 10.9 Å². The van der Waals surface area contributed by atoms with Crippen LogP contribution in [0.15, 0.2) is 49.4 Å². The molecule has 0 fully saturated rings. The van der Waals surface area contributed by atoms with Crippen molar-refractivity contribution < 1.29 is 0 Å². The molecule has 0 radical (unpaired) electrons. The normalized spacial score (nSPS) is 10.5. The molecule has 0 bridgehead atoms. The Balaban J connectivity index is 2.32. The number of hydrogen-bond acceptors (Lipinski definition) is 4. The van der Waals surface area contributed by atoms with Crippen molar-refractivity contribution in [3.8, 4) is 11.1 Å². The predicted octanol–water partition coefficient (Wildman–Crippen LogP) is 2.09. The maximum atomic E-state index is 4.29. The summed E-state index contributed by atoms with van der Waals surface area (Å²) in [6, 6.07) is 5.98. The van der Waals surface area contributed by atoms with E-state index in [0.717, 1.165) is 22.0 Å². The Labute approximate surface area is 92.0 Å². The molecule has 76 valence electrons. The summed E-state index contributed by atoms with van der Waals surface area (Å²) in [7, 11) is 0. The van der Waals surface area contributed by atoms with Gasteiger partial charge < -0.3 is 0 Å². The van der Waals surface area contributed by atoms with E-state index in [1.54, 1.807) is 24.9 Å². The molecule has 0 saturated carbocycles. The molecule has 0 N–H and O–H groups in total. The number of hydrogen-bond donors (Lipinski definition) is 0. The average molecular weight is 208 g/mol. The SMILES string of the molecule is c1cc(-c2cncnc2)c2ncncc2c1. The highest BCUT2D eigenvalue weighted by atomic mass is 14.8. The largest absolute Gasteiger partial charge is 0.244 e. The molecule has 0 atom stereocenters. The van der Waals surface area contributed by atoms with Gasteiger partial charge in [0.1, 0.15) is 12.7 Å². The van der Waals surface area contributed by atoms with Gasteiger partial charge in [-0.05, 0) is 0 Å². The molecule has 0 aliphatic carbocycles. The summed E-state index contributed by atoms with van der Waals surface area (Å²) in [6.07, 6.45) is 8.43. The fourth-order valence-electron chi connectivity index (χ4n) is 1.69. The molecule has 0 unspecified atom stereocenters. The summed E-state index contributed by atoms with van der Waals surface area (Å²) in [5.41, 5.74) is 2.92. The van der Waals surface area contributed by atoms with Gasteiger partial charge in [0.2, 0.25) is 0 Å². The van der Waals surface area contributed by atoms with E-state index < -0.39 is 0 Å². The highest BCUT2D eigenvalue weighted by Crippen LogP contribution is 2.24. The lowest BCUT2D eigenvalue weighted by atomic mass is 10.1. The molecule has 0 amide bonds. The lowest BCUT2D eigenvalue weighted by Gasteiger charge is -2.03. The van der Waals surface area contributed by atoms with E-state index in [9.17, 15) is 0 Å². The number of para-hydroxylation sites is 1. The van der Waals surface area contributed by atoms with Crippen LogP contribution in [-0.2, 0) is 0 Å². The van der Waals surface area contributed by atoms with Gasteiger partial charge in [-0.15, -0.1) is 0 Å². The van der Waals surface area contributed by atoms with E-state index in [1.807, 2.05) is 18.2 Å². The van der Waals surface area contributed by atoms with E-state index in [0.29, 0.717) is 0 Å². The molecule has 4 heteroatoms. The lowest BCUT2D eigenvalue weighted by Crippen LogP contribution is -1.87. The first kappa shape index (κ1) is 8.91. The molecule has 3 aromatic rings. The van der Waals surface area contributed by atoms with Crippen LogP contribution >= 0.6 is 0 Å². The quantitative estimate of drug-likeness (QED) is 0.614. The molecule has 0 saturated heterocycles. The van der Waals surface area contributed by atoms with E-state index >= 15 is 0 Å². The molecule has 0 aliphatic rings. The molecule has 2 aromatic heterocycles. The number of rotatable bonds is 1. The van der Waals surface area contributed by atoms with E-state index in [4.69, 9.17) is 0 Å². The van der Waals surface area contributed by atoms with Gasteiger partial charge in [0.05, 0.1) is 5.52 Å². The van der Waals surface area contributed by atoms with Gasteiger partial charge in [0.25, 0.3) is 0 Å². The van der Waals surface area contributed by atoms with Crippen LogP contribution in [0.25, 0.3) is 22.0 Å². The standard InChI is InChI=1S/C12H8N4/c1-2-9-4-15-8-16-12(9)11(3-1)10-5-13-7-14-6-10/h1-8H. The fraction of sp³-hybridized carbons (Fsp3) is 0.